The van der Waals surface area contributed by atoms with E-state index in [0.29, 0.717) is 23.0 Å². The summed E-state index contributed by atoms with van der Waals surface area (Å²) in [5.74, 6) is 0.515. The van der Waals surface area contributed by atoms with Gasteiger partial charge in [-0.25, -0.2) is 0 Å². The van der Waals surface area contributed by atoms with Crippen LogP contribution in [0.3, 0.4) is 0 Å². The van der Waals surface area contributed by atoms with Crippen molar-refractivity contribution in [3.8, 4) is 0 Å². The zero-order chi connectivity index (χ0) is 20.1. The highest BCUT2D eigenvalue weighted by Crippen LogP contribution is 2.25. The molecule has 1 aromatic heterocycles. The first-order valence-electron chi connectivity index (χ1n) is 8.97. The van der Waals surface area contributed by atoms with E-state index in [1.165, 1.54) is 18.7 Å². The van der Waals surface area contributed by atoms with Crippen LogP contribution in [0.4, 0.5) is 5.69 Å². The average Bonchev–Trinajstić information content (AvgIpc) is 3.02. The number of carbonyl (C=O) groups excluding carboxylic acids is 2. The van der Waals surface area contributed by atoms with Crippen LogP contribution in [-0.4, -0.2) is 31.7 Å². The van der Waals surface area contributed by atoms with Crippen molar-refractivity contribution in [1.82, 2.24) is 14.8 Å². The summed E-state index contributed by atoms with van der Waals surface area (Å²) in [5, 5.41) is 11.5. The summed E-state index contributed by atoms with van der Waals surface area (Å²) in [6.07, 6.45) is 0. The Kier molecular flexibility index (Phi) is 6.26. The van der Waals surface area contributed by atoms with Gasteiger partial charge in [0.1, 0.15) is 5.82 Å². The maximum absolute atomic E-state index is 12.7. The second kappa shape index (κ2) is 8.84. The predicted molar refractivity (Wildman–Crippen MR) is 111 cm³/mol. The maximum Gasteiger partial charge on any atom is 0.237 e. The first-order valence-corrected chi connectivity index (χ1v) is 9.85. The standard InChI is InChI=1S/C21H22N4O2S/c1-14(26)18-11-7-8-12-19(18)22-20(27)15(2)28-21-24-23-16(3)25(21)13-17-9-5-4-6-10-17/h4-12,15H,13H2,1-3H3,(H,22,27)/t15-/m0/s1. The Hall–Kier alpha value is -2.93. The summed E-state index contributed by atoms with van der Waals surface area (Å²) in [5.41, 5.74) is 2.16. The van der Waals surface area contributed by atoms with Crippen molar-refractivity contribution in [2.45, 2.75) is 37.7 Å². The van der Waals surface area contributed by atoms with E-state index in [1.54, 1.807) is 24.3 Å². The minimum absolute atomic E-state index is 0.0885. The number of anilines is 1. The molecule has 0 saturated carbocycles. The lowest BCUT2D eigenvalue weighted by Crippen LogP contribution is -2.24. The molecule has 1 amide bonds. The number of benzene rings is 2. The van der Waals surface area contributed by atoms with E-state index in [9.17, 15) is 9.59 Å². The summed E-state index contributed by atoms with van der Waals surface area (Å²) in [6.45, 7) is 5.84. The van der Waals surface area contributed by atoms with Crippen molar-refractivity contribution in [1.29, 1.82) is 0 Å². The Morgan fingerprint density at radius 1 is 1.07 bits per heavy atom. The molecule has 2 aromatic carbocycles. The fourth-order valence-corrected chi connectivity index (χ4v) is 3.64. The molecule has 0 aliphatic carbocycles. The summed E-state index contributed by atoms with van der Waals surface area (Å²) in [6, 6.07) is 17.0. The van der Waals surface area contributed by atoms with Gasteiger partial charge in [-0.1, -0.05) is 54.2 Å². The third-order valence-corrected chi connectivity index (χ3v) is 5.38. The summed E-state index contributed by atoms with van der Waals surface area (Å²) < 4.78 is 1.99. The van der Waals surface area contributed by atoms with Crippen LogP contribution in [0.2, 0.25) is 0 Å². The Morgan fingerprint density at radius 2 is 1.75 bits per heavy atom. The smallest absolute Gasteiger partial charge is 0.237 e. The van der Waals surface area contributed by atoms with Gasteiger partial charge in [0, 0.05) is 5.56 Å². The third kappa shape index (κ3) is 4.67. The molecule has 1 heterocycles. The molecule has 0 saturated heterocycles. The van der Waals surface area contributed by atoms with Crippen LogP contribution in [0.15, 0.2) is 59.8 Å². The van der Waals surface area contributed by atoms with Gasteiger partial charge < -0.3 is 9.88 Å². The van der Waals surface area contributed by atoms with Crippen molar-refractivity contribution in [3.63, 3.8) is 0 Å². The molecule has 0 unspecified atom stereocenters. The number of rotatable bonds is 7. The molecule has 3 aromatic rings. The van der Waals surface area contributed by atoms with Gasteiger partial charge in [0.05, 0.1) is 17.5 Å². The first kappa shape index (κ1) is 19.8. The van der Waals surface area contributed by atoms with Gasteiger partial charge in [0.25, 0.3) is 0 Å². The Morgan fingerprint density at radius 3 is 2.46 bits per heavy atom. The van der Waals surface area contributed by atoms with Gasteiger partial charge in [-0.2, -0.15) is 0 Å². The van der Waals surface area contributed by atoms with Crippen LogP contribution in [-0.2, 0) is 11.3 Å². The topological polar surface area (TPSA) is 76.9 Å². The van der Waals surface area contributed by atoms with Crippen LogP contribution in [0, 0.1) is 6.92 Å². The molecule has 7 heteroatoms. The van der Waals surface area contributed by atoms with Crippen molar-refractivity contribution >= 4 is 29.1 Å². The van der Waals surface area contributed by atoms with Gasteiger partial charge >= 0.3 is 0 Å². The minimum atomic E-state index is -0.405. The zero-order valence-electron chi connectivity index (χ0n) is 16.0. The predicted octanol–water partition coefficient (Wildman–Crippen LogP) is 3.96. The maximum atomic E-state index is 12.7. The van der Waals surface area contributed by atoms with E-state index in [-0.39, 0.29) is 11.7 Å². The number of nitrogens with one attached hydrogen (secondary N) is 1. The molecule has 1 N–H and O–H groups in total. The molecular weight excluding hydrogens is 372 g/mol. The Bertz CT molecular complexity index is 985. The van der Waals surface area contributed by atoms with Crippen LogP contribution < -0.4 is 5.32 Å². The molecule has 0 bridgehead atoms. The van der Waals surface area contributed by atoms with Crippen molar-refractivity contribution in [3.05, 3.63) is 71.5 Å². The number of carbonyl (C=O) groups is 2. The highest BCUT2D eigenvalue weighted by atomic mass is 32.2. The highest BCUT2D eigenvalue weighted by Gasteiger charge is 2.20. The van der Waals surface area contributed by atoms with Crippen molar-refractivity contribution in [2.75, 3.05) is 5.32 Å². The number of hydrogen-bond acceptors (Lipinski definition) is 5. The number of aryl methyl sites for hydroxylation is 1. The average molecular weight is 395 g/mol. The third-order valence-electron chi connectivity index (χ3n) is 4.30. The van der Waals surface area contributed by atoms with Gasteiger partial charge in [-0.15, -0.1) is 10.2 Å². The van der Waals surface area contributed by atoms with Gasteiger partial charge in [0.15, 0.2) is 10.9 Å². The fourth-order valence-electron chi connectivity index (χ4n) is 2.74. The molecule has 6 nitrogen and oxygen atoms in total. The molecular formula is C21H22N4O2S. The van der Waals surface area contributed by atoms with Gasteiger partial charge in [-0.3, -0.25) is 9.59 Å². The minimum Gasteiger partial charge on any atom is -0.324 e. The molecule has 0 radical (unpaired) electrons. The highest BCUT2D eigenvalue weighted by molar-refractivity contribution is 8.00. The number of Topliss-reactive ketones (excluding diaryl/α,β-unsaturated/α-hetero) is 1. The monoisotopic (exact) mass is 394 g/mol. The van der Waals surface area contributed by atoms with E-state index in [0.717, 1.165) is 11.4 Å². The Balaban J connectivity index is 1.72. The van der Waals surface area contributed by atoms with E-state index in [1.807, 2.05) is 48.7 Å². The first-order chi connectivity index (χ1) is 13.5. The molecule has 28 heavy (non-hydrogen) atoms. The molecule has 0 spiro atoms. The molecule has 0 fully saturated rings. The second-order valence-electron chi connectivity index (χ2n) is 6.45. The lowest BCUT2D eigenvalue weighted by atomic mass is 10.1. The fraction of sp³-hybridized carbons (Fsp3) is 0.238. The second-order valence-corrected chi connectivity index (χ2v) is 7.76. The molecule has 0 aliphatic rings. The van der Waals surface area contributed by atoms with E-state index in [2.05, 4.69) is 15.5 Å². The molecule has 3 rings (SSSR count). The van der Waals surface area contributed by atoms with Gasteiger partial charge in [-0.05, 0) is 38.5 Å². The zero-order valence-corrected chi connectivity index (χ0v) is 16.9. The quantitative estimate of drug-likeness (QED) is 0.485. The molecule has 1 atom stereocenters. The lowest BCUT2D eigenvalue weighted by Gasteiger charge is -2.14. The van der Waals surface area contributed by atoms with E-state index < -0.39 is 5.25 Å². The number of ketones is 1. The van der Waals surface area contributed by atoms with E-state index >= 15 is 0 Å². The van der Waals surface area contributed by atoms with Crippen molar-refractivity contribution in [2.24, 2.45) is 0 Å². The van der Waals surface area contributed by atoms with Crippen LogP contribution in [0.25, 0.3) is 0 Å². The number of para-hydroxylation sites is 1. The normalized spacial score (nSPS) is 11.8. The lowest BCUT2D eigenvalue weighted by molar-refractivity contribution is -0.115. The van der Waals surface area contributed by atoms with Crippen LogP contribution in [0.1, 0.15) is 35.6 Å². The number of amides is 1. The van der Waals surface area contributed by atoms with Crippen LogP contribution >= 0.6 is 11.8 Å². The summed E-state index contributed by atoms with van der Waals surface area (Å²) >= 11 is 1.34. The largest absolute Gasteiger partial charge is 0.324 e. The SMILES string of the molecule is CC(=O)c1ccccc1NC(=O)[C@H](C)Sc1nnc(C)n1Cc1ccccc1. The number of aromatic nitrogens is 3. The van der Waals surface area contributed by atoms with Gasteiger partial charge in [0.2, 0.25) is 5.91 Å². The summed E-state index contributed by atoms with van der Waals surface area (Å²) in [4.78, 5) is 24.4. The Labute approximate surface area is 168 Å². The van der Waals surface area contributed by atoms with Crippen LogP contribution in [0.5, 0.6) is 0 Å². The molecule has 144 valence electrons. The van der Waals surface area contributed by atoms with Crippen molar-refractivity contribution < 1.29 is 9.59 Å². The number of nitrogens with zero attached hydrogens (tertiary/aromatic N) is 3. The molecule has 0 aliphatic heterocycles. The number of thioether (sulfide) groups is 1. The number of hydrogen-bond donors (Lipinski definition) is 1. The van der Waals surface area contributed by atoms with E-state index in [4.69, 9.17) is 0 Å². The summed E-state index contributed by atoms with van der Waals surface area (Å²) in [7, 11) is 0.